The Morgan fingerprint density at radius 3 is 2.86 bits per heavy atom. The van der Waals surface area contributed by atoms with Crippen LogP contribution in [0.2, 0.25) is 0 Å². The van der Waals surface area contributed by atoms with Gasteiger partial charge in [0.05, 0.1) is 23.1 Å². The minimum Gasteiger partial charge on any atom is -0.298 e. The van der Waals surface area contributed by atoms with Crippen molar-refractivity contribution < 1.29 is 4.39 Å². The number of aryl methyl sites for hydroxylation is 1. The zero-order valence-corrected chi connectivity index (χ0v) is 19.5. The molecule has 1 N–H and O–H groups in total. The Balaban J connectivity index is 1.23. The highest BCUT2D eigenvalue weighted by Crippen LogP contribution is 2.30. The van der Waals surface area contributed by atoms with Gasteiger partial charge in [0.2, 0.25) is 0 Å². The standard InChI is InChI=1S/C27H26FN7/c1-18-4-2-6-24(28)23(18)16-34-13-3-5-20(15-34)26-17-35(33-31-26)21-7-8-25-22(14-21)27(32-30-25)19-9-11-29-12-10-19/h2,4,6-12,14,17,20H,3,5,13,15-16H2,1H3,(H,30,32)/t20-/m1/s1. The normalized spacial score (nSPS) is 16.7. The lowest BCUT2D eigenvalue weighted by Crippen LogP contribution is -2.34. The molecule has 7 nitrogen and oxygen atoms in total. The fourth-order valence-corrected chi connectivity index (χ4v) is 5.00. The summed E-state index contributed by atoms with van der Waals surface area (Å²) in [5.74, 6) is 0.147. The lowest BCUT2D eigenvalue weighted by molar-refractivity contribution is 0.196. The van der Waals surface area contributed by atoms with Crippen molar-refractivity contribution in [1.29, 1.82) is 0 Å². The van der Waals surface area contributed by atoms with Gasteiger partial charge in [-0.3, -0.25) is 15.0 Å². The zero-order chi connectivity index (χ0) is 23.8. The average molecular weight is 468 g/mol. The minimum absolute atomic E-state index is 0.126. The summed E-state index contributed by atoms with van der Waals surface area (Å²) in [5.41, 5.74) is 6.55. The first-order valence-corrected chi connectivity index (χ1v) is 11.9. The molecule has 5 aromatic rings. The van der Waals surface area contributed by atoms with Crippen LogP contribution in [0.4, 0.5) is 4.39 Å². The van der Waals surface area contributed by atoms with Crippen LogP contribution in [-0.2, 0) is 6.54 Å². The van der Waals surface area contributed by atoms with Crippen molar-refractivity contribution >= 4 is 10.9 Å². The van der Waals surface area contributed by atoms with Crippen molar-refractivity contribution in [3.05, 3.63) is 89.8 Å². The number of pyridine rings is 1. The number of nitrogens with zero attached hydrogens (tertiary/aromatic N) is 6. The molecule has 1 saturated heterocycles. The number of fused-ring (bicyclic) bond motifs is 1. The van der Waals surface area contributed by atoms with Crippen molar-refractivity contribution in [3.8, 4) is 16.9 Å². The lowest BCUT2D eigenvalue weighted by atomic mass is 9.94. The summed E-state index contributed by atoms with van der Waals surface area (Å²) in [5, 5.41) is 17.6. The number of rotatable bonds is 5. The Bertz CT molecular complexity index is 1450. The van der Waals surface area contributed by atoms with E-state index in [2.05, 4.69) is 36.5 Å². The predicted molar refractivity (Wildman–Crippen MR) is 133 cm³/mol. The molecule has 8 heteroatoms. The number of aromatic amines is 1. The van der Waals surface area contributed by atoms with Crippen LogP contribution < -0.4 is 0 Å². The van der Waals surface area contributed by atoms with Crippen LogP contribution in [0.3, 0.4) is 0 Å². The quantitative estimate of drug-likeness (QED) is 0.392. The van der Waals surface area contributed by atoms with E-state index in [1.807, 2.05) is 48.1 Å². The number of nitrogens with one attached hydrogen (secondary N) is 1. The van der Waals surface area contributed by atoms with E-state index in [4.69, 9.17) is 0 Å². The molecule has 0 spiro atoms. The molecule has 0 saturated carbocycles. The summed E-state index contributed by atoms with van der Waals surface area (Å²) >= 11 is 0. The third kappa shape index (κ3) is 4.21. The maximum absolute atomic E-state index is 14.4. The maximum atomic E-state index is 14.4. The van der Waals surface area contributed by atoms with E-state index >= 15 is 0 Å². The third-order valence-electron chi connectivity index (χ3n) is 6.93. The van der Waals surface area contributed by atoms with Gasteiger partial charge in [0.25, 0.3) is 0 Å². The largest absolute Gasteiger partial charge is 0.298 e. The average Bonchev–Trinajstić information content (AvgIpc) is 3.54. The van der Waals surface area contributed by atoms with Crippen molar-refractivity contribution in [3.63, 3.8) is 0 Å². The number of likely N-dealkylation sites (tertiary alicyclic amines) is 1. The number of H-pyrrole nitrogens is 1. The van der Waals surface area contributed by atoms with E-state index < -0.39 is 0 Å². The van der Waals surface area contributed by atoms with Crippen LogP contribution in [0.25, 0.3) is 27.8 Å². The predicted octanol–water partition coefficient (Wildman–Crippen LogP) is 5.03. The molecule has 0 radical (unpaired) electrons. The summed E-state index contributed by atoms with van der Waals surface area (Å²) in [6, 6.07) is 15.3. The second-order valence-corrected chi connectivity index (χ2v) is 9.24. The van der Waals surface area contributed by atoms with Gasteiger partial charge in [0.15, 0.2) is 0 Å². The third-order valence-corrected chi connectivity index (χ3v) is 6.93. The molecule has 6 rings (SSSR count). The second kappa shape index (κ2) is 9.03. The van der Waals surface area contributed by atoms with E-state index in [-0.39, 0.29) is 11.7 Å². The molecule has 1 aliphatic rings. The minimum atomic E-state index is -0.126. The Morgan fingerprint density at radius 1 is 1.11 bits per heavy atom. The first kappa shape index (κ1) is 21.6. The molecule has 4 heterocycles. The lowest BCUT2D eigenvalue weighted by Gasteiger charge is -2.32. The number of halogens is 1. The van der Waals surface area contributed by atoms with Crippen LogP contribution in [0.15, 0.2) is 67.1 Å². The van der Waals surface area contributed by atoms with Crippen LogP contribution in [-0.4, -0.2) is 48.2 Å². The van der Waals surface area contributed by atoms with Gasteiger partial charge in [-0.05, 0) is 68.3 Å². The van der Waals surface area contributed by atoms with E-state index in [1.165, 1.54) is 0 Å². The molecule has 1 fully saturated rings. The molecular formula is C27H26FN7. The summed E-state index contributed by atoms with van der Waals surface area (Å²) in [7, 11) is 0. The fraction of sp³-hybridized carbons (Fsp3) is 0.259. The van der Waals surface area contributed by atoms with Crippen molar-refractivity contribution in [2.75, 3.05) is 13.1 Å². The van der Waals surface area contributed by atoms with Gasteiger partial charge < -0.3 is 0 Å². The first-order valence-electron chi connectivity index (χ1n) is 11.9. The highest BCUT2D eigenvalue weighted by Gasteiger charge is 2.25. The molecule has 2 aromatic carbocycles. The Morgan fingerprint density at radius 2 is 2.00 bits per heavy atom. The molecule has 0 amide bonds. The van der Waals surface area contributed by atoms with Gasteiger partial charge in [-0.25, -0.2) is 9.07 Å². The van der Waals surface area contributed by atoms with Gasteiger partial charge in [-0.15, -0.1) is 5.10 Å². The van der Waals surface area contributed by atoms with Crippen LogP contribution in [0.1, 0.15) is 35.6 Å². The summed E-state index contributed by atoms with van der Waals surface area (Å²) in [6.45, 7) is 4.41. The molecular weight excluding hydrogens is 441 g/mol. The van der Waals surface area contributed by atoms with Gasteiger partial charge in [0, 0.05) is 47.9 Å². The van der Waals surface area contributed by atoms with E-state index in [0.717, 1.165) is 70.6 Å². The monoisotopic (exact) mass is 467 g/mol. The summed E-state index contributed by atoms with van der Waals surface area (Å²) < 4.78 is 16.2. The topological polar surface area (TPSA) is 75.5 Å². The maximum Gasteiger partial charge on any atom is 0.127 e. The van der Waals surface area contributed by atoms with E-state index in [0.29, 0.717) is 6.54 Å². The van der Waals surface area contributed by atoms with Gasteiger partial charge in [0.1, 0.15) is 11.5 Å². The summed E-state index contributed by atoms with van der Waals surface area (Å²) in [6.07, 6.45) is 7.67. The Labute approximate surface area is 202 Å². The highest BCUT2D eigenvalue weighted by atomic mass is 19.1. The fourth-order valence-electron chi connectivity index (χ4n) is 5.00. The van der Waals surface area contributed by atoms with Crippen molar-refractivity contribution in [2.45, 2.75) is 32.2 Å². The molecule has 0 bridgehead atoms. The smallest absolute Gasteiger partial charge is 0.127 e. The van der Waals surface area contributed by atoms with Crippen LogP contribution in [0, 0.1) is 12.7 Å². The zero-order valence-electron chi connectivity index (χ0n) is 19.5. The molecule has 3 aromatic heterocycles. The number of hydrogen-bond acceptors (Lipinski definition) is 5. The molecule has 35 heavy (non-hydrogen) atoms. The molecule has 1 atom stereocenters. The van der Waals surface area contributed by atoms with E-state index in [1.54, 1.807) is 24.5 Å². The van der Waals surface area contributed by atoms with Crippen LogP contribution in [0.5, 0.6) is 0 Å². The molecule has 0 aliphatic carbocycles. The molecule has 1 aliphatic heterocycles. The molecule has 176 valence electrons. The highest BCUT2D eigenvalue weighted by molar-refractivity contribution is 5.94. The van der Waals surface area contributed by atoms with E-state index in [9.17, 15) is 4.39 Å². The Hall–Kier alpha value is -3.91. The van der Waals surface area contributed by atoms with Crippen molar-refractivity contribution in [1.82, 2.24) is 35.1 Å². The molecule has 0 unspecified atom stereocenters. The van der Waals surface area contributed by atoms with Gasteiger partial charge in [-0.1, -0.05) is 17.3 Å². The van der Waals surface area contributed by atoms with Crippen molar-refractivity contribution in [2.24, 2.45) is 0 Å². The second-order valence-electron chi connectivity index (χ2n) is 9.24. The first-order chi connectivity index (χ1) is 17.2. The SMILES string of the molecule is Cc1cccc(F)c1CN1CCC[C@@H](c2cn(-c3ccc4[nH]nc(-c5ccncc5)c4c3)nn2)C1. The number of benzene rings is 2. The number of aromatic nitrogens is 6. The Kier molecular flexibility index (Phi) is 5.58. The number of piperidine rings is 1. The summed E-state index contributed by atoms with van der Waals surface area (Å²) in [4.78, 5) is 6.43. The van der Waals surface area contributed by atoms with Gasteiger partial charge >= 0.3 is 0 Å². The number of hydrogen-bond donors (Lipinski definition) is 1. The van der Waals surface area contributed by atoms with Gasteiger partial charge in [-0.2, -0.15) is 5.10 Å². The van der Waals surface area contributed by atoms with Crippen LogP contribution >= 0.6 is 0 Å².